The number of H-pyrrole nitrogens is 1. The van der Waals surface area contributed by atoms with Crippen molar-refractivity contribution in [2.45, 2.75) is 6.54 Å². The predicted octanol–water partition coefficient (Wildman–Crippen LogP) is 2.38. The second-order valence-corrected chi connectivity index (χ2v) is 4.73. The standard InChI is InChI=1S/C13H15ClN4O/c1-18(2)13(19)11-5-9(3-4-12(11)14)16-7-10-6-15-8-17-10/h3-6,8,16H,7H2,1-2H3,(H,15,17). The third kappa shape index (κ3) is 3.26. The first-order valence-corrected chi connectivity index (χ1v) is 6.18. The zero-order valence-electron chi connectivity index (χ0n) is 10.8. The molecule has 1 aromatic carbocycles. The van der Waals surface area contributed by atoms with Gasteiger partial charge >= 0.3 is 0 Å². The van der Waals surface area contributed by atoms with Crippen LogP contribution in [0.1, 0.15) is 16.1 Å². The van der Waals surface area contributed by atoms with E-state index in [-0.39, 0.29) is 5.91 Å². The fraction of sp³-hybridized carbons (Fsp3) is 0.231. The van der Waals surface area contributed by atoms with Gasteiger partial charge in [0.1, 0.15) is 0 Å². The van der Waals surface area contributed by atoms with Gasteiger partial charge in [-0.2, -0.15) is 0 Å². The minimum Gasteiger partial charge on any atom is -0.379 e. The van der Waals surface area contributed by atoms with Crippen LogP contribution in [-0.2, 0) is 6.54 Å². The molecule has 0 radical (unpaired) electrons. The maximum absolute atomic E-state index is 11.9. The molecule has 0 unspecified atom stereocenters. The van der Waals surface area contributed by atoms with E-state index in [0.29, 0.717) is 17.1 Å². The van der Waals surface area contributed by atoms with Crippen LogP contribution in [0, 0.1) is 0 Å². The number of rotatable bonds is 4. The molecule has 0 bridgehead atoms. The maximum Gasteiger partial charge on any atom is 0.254 e. The second-order valence-electron chi connectivity index (χ2n) is 4.32. The van der Waals surface area contributed by atoms with Gasteiger partial charge in [0.25, 0.3) is 5.91 Å². The molecule has 0 aliphatic heterocycles. The van der Waals surface area contributed by atoms with Crippen molar-refractivity contribution in [3.8, 4) is 0 Å². The van der Waals surface area contributed by atoms with Crippen LogP contribution in [0.2, 0.25) is 5.02 Å². The van der Waals surface area contributed by atoms with Gasteiger partial charge in [0, 0.05) is 26.0 Å². The molecule has 1 amide bonds. The molecule has 0 aliphatic rings. The highest BCUT2D eigenvalue weighted by molar-refractivity contribution is 6.34. The summed E-state index contributed by atoms with van der Waals surface area (Å²) in [6, 6.07) is 5.31. The SMILES string of the molecule is CN(C)C(=O)c1cc(NCc2cnc[nH]2)ccc1Cl. The Kier molecular flexibility index (Phi) is 4.06. The first-order valence-electron chi connectivity index (χ1n) is 5.80. The van der Waals surface area contributed by atoms with Crippen LogP contribution in [0.3, 0.4) is 0 Å². The van der Waals surface area contributed by atoms with E-state index in [1.165, 1.54) is 4.90 Å². The van der Waals surface area contributed by atoms with Crippen molar-refractivity contribution in [3.05, 3.63) is 47.0 Å². The lowest BCUT2D eigenvalue weighted by molar-refractivity contribution is 0.0828. The summed E-state index contributed by atoms with van der Waals surface area (Å²) in [4.78, 5) is 20.4. The molecule has 0 aliphatic carbocycles. The molecule has 0 saturated heterocycles. The number of carbonyl (C=O) groups is 1. The number of nitrogens with zero attached hydrogens (tertiary/aromatic N) is 2. The van der Waals surface area contributed by atoms with Gasteiger partial charge < -0.3 is 15.2 Å². The van der Waals surface area contributed by atoms with E-state index < -0.39 is 0 Å². The van der Waals surface area contributed by atoms with Crippen LogP contribution in [0.4, 0.5) is 5.69 Å². The van der Waals surface area contributed by atoms with Gasteiger partial charge in [-0.15, -0.1) is 0 Å². The summed E-state index contributed by atoms with van der Waals surface area (Å²) in [6.07, 6.45) is 3.37. The Labute approximate surface area is 116 Å². The normalized spacial score (nSPS) is 10.3. The number of hydrogen-bond acceptors (Lipinski definition) is 3. The minimum atomic E-state index is -0.116. The molecular weight excluding hydrogens is 264 g/mol. The Morgan fingerprint density at radius 2 is 2.26 bits per heavy atom. The lowest BCUT2D eigenvalue weighted by Gasteiger charge is -2.13. The monoisotopic (exact) mass is 278 g/mol. The van der Waals surface area contributed by atoms with Gasteiger partial charge in [0.2, 0.25) is 0 Å². The van der Waals surface area contributed by atoms with Gasteiger partial charge in [-0.3, -0.25) is 4.79 Å². The summed E-state index contributed by atoms with van der Waals surface area (Å²) < 4.78 is 0. The van der Waals surface area contributed by atoms with Crippen LogP contribution in [0.25, 0.3) is 0 Å². The second kappa shape index (κ2) is 5.75. The predicted molar refractivity (Wildman–Crippen MR) is 75.4 cm³/mol. The number of anilines is 1. The first kappa shape index (κ1) is 13.4. The Morgan fingerprint density at radius 1 is 1.47 bits per heavy atom. The third-order valence-electron chi connectivity index (χ3n) is 2.64. The highest BCUT2D eigenvalue weighted by Crippen LogP contribution is 2.22. The summed E-state index contributed by atoms with van der Waals surface area (Å²) in [5.74, 6) is -0.116. The molecule has 0 spiro atoms. The number of benzene rings is 1. The summed E-state index contributed by atoms with van der Waals surface area (Å²) in [5.41, 5.74) is 2.29. The number of aromatic amines is 1. The molecule has 100 valence electrons. The zero-order valence-corrected chi connectivity index (χ0v) is 11.5. The summed E-state index contributed by atoms with van der Waals surface area (Å²) in [6.45, 7) is 0.608. The molecule has 19 heavy (non-hydrogen) atoms. The first-order chi connectivity index (χ1) is 9.08. The highest BCUT2D eigenvalue weighted by Gasteiger charge is 2.12. The van der Waals surface area contributed by atoms with Crippen LogP contribution in [0.15, 0.2) is 30.7 Å². The van der Waals surface area contributed by atoms with E-state index in [1.54, 1.807) is 38.8 Å². The van der Waals surface area contributed by atoms with Crippen molar-refractivity contribution in [2.75, 3.05) is 19.4 Å². The quantitative estimate of drug-likeness (QED) is 0.903. The van der Waals surface area contributed by atoms with Crippen molar-refractivity contribution >= 4 is 23.2 Å². The molecule has 0 fully saturated rings. The molecule has 2 rings (SSSR count). The van der Waals surface area contributed by atoms with E-state index in [9.17, 15) is 4.79 Å². The van der Waals surface area contributed by atoms with E-state index >= 15 is 0 Å². The zero-order chi connectivity index (χ0) is 13.8. The van der Waals surface area contributed by atoms with Crippen molar-refractivity contribution in [3.63, 3.8) is 0 Å². The van der Waals surface area contributed by atoms with Crippen molar-refractivity contribution in [2.24, 2.45) is 0 Å². The molecule has 1 heterocycles. The van der Waals surface area contributed by atoms with Gasteiger partial charge in [-0.1, -0.05) is 11.6 Å². The van der Waals surface area contributed by atoms with Crippen LogP contribution < -0.4 is 5.32 Å². The van der Waals surface area contributed by atoms with E-state index in [2.05, 4.69) is 15.3 Å². The third-order valence-corrected chi connectivity index (χ3v) is 2.97. The molecule has 2 aromatic rings. The smallest absolute Gasteiger partial charge is 0.254 e. The van der Waals surface area contributed by atoms with Gasteiger partial charge in [0.15, 0.2) is 0 Å². The Balaban J connectivity index is 2.14. The number of imidazole rings is 1. The number of amides is 1. The van der Waals surface area contributed by atoms with Crippen LogP contribution in [-0.4, -0.2) is 34.9 Å². The summed E-state index contributed by atoms with van der Waals surface area (Å²) >= 11 is 6.04. The fourth-order valence-electron chi connectivity index (χ4n) is 1.62. The minimum absolute atomic E-state index is 0.116. The Hall–Kier alpha value is -2.01. The summed E-state index contributed by atoms with van der Waals surface area (Å²) in [7, 11) is 3.40. The van der Waals surface area contributed by atoms with Crippen LogP contribution >= 0.6 is 11.6 Å². The number of halogens is 1. The molecule has 0 atom stereocenters. The van der Waals surface area contributed by atoms with Crippen molar-refractivity contribution in [1.82, 2.24) is 14.9 Å². The van der Waals surface area contributed by atoms with Gasteiger partial charge in [-0.05, 0) is 18.2 Å². The number of hydrogen-bond donors (Lipinski definition) is 2. The van der Waals surface area contributed by atoms with E-state index in [4.69, 9.17) is 11.6 Å². The number of carbonyl (C=O) groups excluding carboxylic acids is 1. The average Bonchev–Trinajstić information content (AvgIpc) is 2.90. The topological polar surface area (TPSA) is 61.0 Å². The van der Waals surface area contributed by atoms with E-state index in [0.717, 1.165) is 11.4 Å². The Morgan fingerprint density at radius 3 is 2.89 bits per heavy atom. The number of aromatic nitrogens is 2. The van der Waals surface area contributed by atoms with E-state index in [1.807, 2.05) is 6.07 Å². The van der Waals surface area contributed by atoms with Crippen molar-refractivity contribution in [1.29, 1.82) is 0 Å². The lowest BCUT2D eigenvalue weighted by Crippen LogP contribution is -2.22. The molecule has 0 saturated carbocycles. The molecule has 6 heteroatoms. The number of nitrogens with one attached hydrogen (secondary N) is 2. The van der Waals surface area contributed by atoms with Crippen molar-refractivity contribution < 1.29 is 4.79 Å². The molecule has 2 N–H and O–H groups in total. The molecule has 5 nitrogen and oxygen atoms in total. The van der Waals surface area contributed by atoms with Crippen LogP contribution in [0.5, 0.6) is 0 Å². The van der Waals surface area contributed by atoms with Gasteiger partial charge in [-0.25, -0.2) is 4.98 Å². The maximum atomic E-state index is 11.9. The Bertz CT molecular complexity index is 566. The fourth-order valence-corrected chi connectivity index (χ4v) is 1.82. The largest absolute Gasteiger partial charge is 0.379 e. The van der Waals surface area contributed by atoms with Gasteiger partial charge in [0.05, 0.1) is 29.2 Å². The lowest BCUT2D eigenvalue weighted by atomic mass is 10.1. The average molecular weight is 279 g/mol. The highest BCUT2D eigenvalue weighted by atomic mass is 35.5. The molecule has 1 aromatic heterocycles. The molecular formula is C13H15ClN4O. The summed E-state index contributed by atoms with van der Waals surface area (Å²) in [5, 5.41) is 3.66.